The molecule has 1 saturated carbocycles. The van der Waals surface area contributed by atoms with Gasteiger partial charge in [0.25, 0.3) is 0 Å². The number of nitrogens with two attached hydrogens (primary N) is 1. The van der Waals surface area contributed by atoms with Crippen LogP contribution in [-0.4, -0.2) is 49.8 Å². The zero-order valence-corrected chi connectivity index (χ0v) is 19.4. The Morgan fingerprint density at radius 1 is 1.06 bits per heavy atom. The minimum Gasteiger partial charge on any atom is -0.390 e. The predicted octanol–water partition coefficient (Wildman–Crippen LogP) is 1.64. The molecule has 2 aliphatic rings. The van der Waals surface area contributed by atoms with Crippen molar-refractivity contribution in [2.75, 3.05) is 12.3 Å². The van der Waals surface area contributed by atoms with Gasteiger partial charge in [0.1, 0.15) is 23.1 Å². The summed E-state index contributed by atoms with van der Waals surface area (Å²) in [6.45, 7) is 2.13. The maximum absolute atomic E-state index is 12.7. The second-order valence-electron chi connectivity index (χ2n) is 9.24. The van der Waals surface area contributed by atoms with Gasteiger partial charge in [-0.3, -0.25) is 4.57 Å². The van der Waals surface area contributed by atoms with Gasteiger partial charge in [0.2, 0.25) is 0 Å². The van der Waals surface area contributed by atoms with Gasteiger partial charge < -0.3 is 30.2 Å². The topological polar surface area (TPSA) is 129 Å². The molecule has 2 bridgehead atoms. The molecule has 2 fully saturated rings. The Morgan fingerprint density at radius 2 is 1.69 bits per heavy atom. The van der Waals surface area contributed by atoms with E-state index in [2.05, 4.69) is 4.98 Å². The van der Waals surface area contributed by atoms with Gasteiger partial charge in [-0.15, -0.1) is 0 Å². The number of aromatic nitrogens is 2. The standard InChI is InChI=1S/C26H29N3O6/c1-17-21(30)25(16-33-14-18-8-4-2-5-9-18)22(34-15-19-10-6-3-7-11-19)26(17,32)23(35-25)29-13-12-20(27)28-24(29)31/h2-13,17,21-23,30,32H,14-16H2,1H3,(H2,27,28,31)/t17-,21-,22+,23+,25-,26+/m0/s1. The van der Waals surface area contributed by atoms with E-state index in [0.29, 0.717) is 0 Å². The van der Waals surface area contributed by atoms with Crippen molar-refractivity contribution in [3.8, 4) is 0 Å². The van der Waals surface area contributed by atoms with Crippen molar-refractivity contribution in [3.63, 3.8) is 0 Å². The van der Waals surface area contributed by atoms with E-state index in [-0.39, 0.29) is 25.6 Å². The fourth-order valence-corrected chi connectivity index (χ4v) is 5.26. The molecule has 0 spiro atoms. The van der Waals surface area contributed by atoms with E-state index in [4.69, 9.17) is 19.9 Å². The number of hydrogen-bond acceptors (Lipinski definition) is 8. The monoisotopic (exact) mass is 479 g/mol. The lowest BCUT2D eigenvalue weighted by Crippen LogP contribution is -2.54. The lowest BCUT2D eigenvalue weighted by atomic mass is 9.88. The highest BCUT2D eigenvalue weighted by Crippen LogP contribution is 2.59. The van der Waals surface area contributed by atoms with Crippen LogP contribution in [0.1, 0.15) is 24.3 Å². The SMILES string of the molecule is C[C@H]1[C@H](O)[C@]2(COCc3ccccc3)O[C@@H](n3ccc(N)nc3=O)[C@]1(O)[C@@H]2OCc1ccccc1. The first kappa shape index (κ1) is 23.7. The fraction of sp³-hybridized carbons (Fsp3) is 0.385. The van der Waals surface area contributed by atoms with Crippen LogP contribution in [0.25, 0.3) is 0 Å². The number of benzene rings is 2. The molecule has 2 heterocycles. The summed E-state index contributed by atoms with van der Waals surface area (Å²) in [5.41, 5.74) is 3.70. The highest BCUT2D eigenvalue weighted by Gasteiger charge is 2.77. The summed E-state index contributed by atoms with van der Waals surface area (Å²) in [5, 5.41) is 23.3. The number of ether oxygens (including phenoxy) is 3. The van der Waals surface area contributed by atoms with Crippen molar-refractivity contribution >= 4 is 5.82 Å². The lowest BCUT2D eigenvalue weighted by molar-refractivity contribution is -0.237. The largest absolute Gasteiger partial charge is 0.390 e. The lowest BCUT2D eigenvalue weighted by Gasteiger charge is -2.40. The van der Waals surface area contributed by atoms with Crippen LogP contribution in [0.2, 0.25) is 0 Å². The third-order valence-electron chi connectivity index (χ3n) is 7.10. The summed E-state index contributed by atoms with van der Waals surface area (Å²) in [7, 11) is 0. The number of rotatable bonds is 8. The first-order valence-electron chi connectivity index (χ1n) is 11.6. The third kappa shape index (κ3) is 3.95. The molecule has 6 atom stereocenters. The molecule has 1 saturated heterocycles. The van der Waals surface area contributed by atoms with Crippen LogP contribution in [0.15, 0.2) is 77.7 Å². The Bertz CT molecular complexity index is 1220. The molecule has 9 nitrogen and oxygen atoms in total. The number of aliphatic hydroxyl groups is 2. The second kappa shape index (κ2) is 9.18. The van der Waals surface area contributed by atoms with Crippen LogP contribution in [-0.2, 0) is 27.4 Å². The Morgan fingerprint density at radius 3 is 2.31 bits per heavy atom. The normalized spacial score (nSPS) is 31.6. The molecule has 0 unspecified atom stereocenters. The number of anilines is 1. The molecule has 0 amide bonds. The Labute approximate surface area is 202 Å². The molecule has 4 N–H and O–H groups in total. The molecular weight excluding hydrogens is 450 g/mol. The van der Waals surface area contributed by atoms with E-state index in [9.17, 15) is 15.0 Å². The van der Waals surface area contributed by atoms with E-state index in [1.54, 1.807) is 6.92 Å². The van der Waals surface area contributed by atoms with Crippen molar-refractivity contribution in [1.82, 2.24) is 9.55 Å². The summed E-state index contributed by atoms with van der Waals surface area (Å²) < 4.78 is 19.8. The minimum atomic E-state index is -1.73. The van der Waals surface area contributed by atoms with Crippen LogP contribution in [0.5, 0.6) is 0 Å². The smallest absolute Gasteiger partial charge is 0.351 e. The minimum absolute atomic E-state index is 0.0528. The highest BCUT2D eigenvalue weighted by atomic mass is 16.6. The molecule has 3 aromatic rings. The van der Waals surface area contributed by atoms with E-state index in [0.717, 1.165) is 11.1 Å². The molecule has 9 heteroatoms. The van der Waals surface area contributed by atoms with Crippen LogP contribution in [0.3, 0.4) is 0 Å². The van der Waals surface area contributed by atoms with Gasteiger partial charge in [0.05, 0.1) is 25.9 Å². The van der Waals surface area contributed by atoms with E-state index in [1.807, 2.05) is 60.7 Å². The first-order valence-corrected chi connectivity index (χ1v) is 11.6. The van der Waals surface area contributed by atoms with E-state index < -0.39 is 41.2 Å². The van der Waals surface area contributed by atoms with Crippen molar-refractivity contribution in [3.05, 3.63) is 94.5 Å². The van der Waals surface area contributed by atoms with Crippen LogP contribution >= 0.6 is 0 Å². The van der Waals surface area contributed by atoms with E-state index in [1.165, 1.54) is 16.8 Å². The Balaban J connectivity index is 1.49. The maximum atomic E-state index is 12.7. The van der Waals surface area contributed by atoms with Gasteiger partial charge in [-0.2, -0.15) is 4.98 Å². The van der Waals surface area contributed by atoms with Crippen molar-refractivity contribution in [2.24, 2.45) is 5.92 Å². The highest BCUT2D eigenvalue weighted by molar-refractivity contribution is 5.27. The molecule has 184 valence electrons. The van der Waals surface area contributed by atoms with Gasteiger partial charge in [0, 0.05) is 12.1 Å². The molecule has 0 radical (unpaired) electrons. The molecule has 35 heavy (non-hydrogen) atoms. The zero-order chi connectivity index (χ0) is 24.6. The van der Waals surface area contributed by atoms with Gasteiger partial charge in [0.15, 0.2) is 6.23 Å². The molecule has 1 aliphatic heterocycles. The fourth-order valence-electron chi connectivity index (χ4n) is 5.26. The molecule has 2 aromatic carbocycles. The molecule has 1 aromatic heterocycles. The number of nitrogens with zero attached hydrogens (tertiary/aromatic N) is 2. The van der Waals surface area contributed by atoms with Gasteiger partial charge in [-0.05, 0) is 17.2 Å². The quantitative estimate of drug-likeness (QED) is 0.445. The van der Waals surface area contributed by atoms with E-state index >= 15 is 0 Å². The zero-order valence-electron chi connectivity index (χ0n) is 19.4. The Hall–Kier alpha value is -3.08. The summed E-state index contributed by atoms with van der Waals surface area (Å²) in [5.74, 6) is -0.626. The Kier molecular flexibility index (Phi) is 6.20. The van der Waals surface area contributed by atoms with Crippen molar-refractivity contribution in [2.45, 2.75) is 49.8 Å². The number of hydrogen-bond donors (Lipinski definition) is 3. The van der Waals surface area contributed by atoms with Crippen LogP contribution in [0.4, 0.5) is 5.82 Å². The van der Waals surface area contributed by atoms with Gasteiger partial charge >= 0.3 is 5.69 Å². The molecule has 1 aliphatic carbocycles. The molecular formula is C26H29N3O6. The number of fused-ring (bicyclic) bond motifs is 2. The van der Waals surface area contributed by atoms with Crippen LogP contribution < -0.4 is 11.4 Å². The molecule has 5 rings (SSSR count). The van der Waals surface area contributed by atoms with Crippen LogP contribution in [0, 0.1) is 5.92 Å². The predicted molar refractivity (Wildman–Crippen MR) is 127 cm³/mol. The first-order chi connectivity index (χ1) is 16.9. The van der Waals surface area contributed by atoms with Crippen molar-refractivity contribution < 1.29 is 24.4 Å². The summed E-state index contributed by atoms with van der Waals surface area (Å²) in [6.07, 6.45) is -1.80. The average molecular weight is 480 g/mol. The summed E-state index contributed by atoms with van der Waals surface area (Å²) in [6, 6.07) is 20.6. The second-order valence-corrected chi connectivity index (χ2v) is 9.24. The third-order valence-corrected chi connectivity index (χ3v) is 7.10. The number of aliphatic hydroxyl groups excluding tert-OH is 1. The summed E-state index contributed by atoms with van der Waals surface area (Å²) >= 11 is 0. The summed E-state index contributed by atoms with van der Waals surface area (Å²) in [4.78, 5) is 16.4. The van der Waals surface area contributed by atoms with Crippen molar-refractivity contribution in [1.29, 1.82) is 0 Å². The van der Waals surface area contributed by atoms with Gasteiger partial charge in [-0.25, -0.2) is 4.79 Å². The van der Waals surface area contributed by atoms with Gasteiger partial charge in [-0.1, -0.05) is 67.6 Å². The maximum Gasteiger partial charge on any atom is 0.351 e. The number of nitrogen functional groups attached to an aromatic ring is 1. The average Bonchev–Trinajstić information content (AvgIpc) is 3.20.